The van der Waals surface area contributed by atoms with Crippen LogP contribution in [-0.2, 0) is 32.1 Å². The third kappa shape index (κ3) is 5.59. The van der Waals surface area contributed by atoms with Crippen LogP contribution < -0.4 is 0 Å². The highest BCUT2D eigenvalue weighted by Crippen LogP contribution is 2.37. The Kier molecular flexibility index (Phi) is 7.77. The van der Waals surface area contributed by atoms with Crippen LogP contribution in [0.2, 0.25) is 0 Å². The van der Waals surface area contributed by atoms with Crippen molar-refractivity contribution in [1.82, 2.24) is 0 Å². The van der Waals surface area contributed by atoms with E-state index in [-0.39, 0.29) is 23.0 Å². The second kappa shape index (κ2) is 11.0. The monoisotopic (exact) mass is 496 g/mol. The summed E-state index contributed by atoms with van der Waals surface area (Å²) in [4.78, 5) is 0. The molecule has 0 aromatic heterocycles. The summed E-state index contributed by atoms with van der Waals surface area (Å²) in [5.74, 6) is 0.845. The first-order chi connectivity index (χ1) is 17.7. The molecular formula is C33H36O4. The second-order valence-corrected chi connectivity index (χ2v) is 9.92. The number of benzene rings is 4. The highest BCUT2D eigenvalue weighted by atomic mass is 16.3. The van der Waals surface area contributed by atoms with Crippen LogP contribution in [0.3, 0.4) is 0 Å². The molecule has 4 N–H and O–H groups in total. The third-order valence-electron chi connectivity index (χ3n) is 7.27. The van der Waals surface area contributed by atoms with Crippen LogP contribution in [0.1, 0.15) is 69.5 Å². The zero-order valence-electron chi connectivity index (χ0n) is 22.1. The lowest BCUT2D eigenvalue weighted by Gasteiger charge is -2.18. The molecule has 192 valence electrons. The molecule has 0 aliphatic rings. The Morgan fingerprint density at radius 2 is 0.838 bits per heavy atom. The first-order valence-corrected chi connectivity index (χ1v) is 12.9. The Morgan fingerprint density at radius 3 is 1.22 bits per heavy atom. The van der Waals surface area contributed by atoms with Gasteiger partial charge in [-0.25, -0.2) is 0 Å². The van der Waals surface area contributed by atoms with Crippen molar-refractivity contribution in [2.75, 3.05) is 0 Å². The van der Waals surface area contributed by atoms with E-state index in [1.807, 2.05) is 62.4 Å². The molecule has 0 unspecified atom stereocenters. The second-order valence-electron chi connectivity index (χ2n) is 9.92. The summed E-state index contributed by atoms with van der Waals surface area (Å²) >= 11 is 0. The van der Waals surface area contributed by atoms with Gasteiger partial charge in [0.05, 0.1) is 0 Å². The summed E-state index contributed by atoms with van der Waals surface area (Å²) in [5.41, 5.74) is 8.77. The average molecular weight is 497 g/mol. The fourth-order valence-electron chi connectivity index (χ4n) is 5.09. The first kappa shape index (κ1) is 26.2. The lowest BCUT2D eigenvalue weighted by atomic mass is 9.89. The minimum absolute atomic E-state index is 0.206. The van der Waals surface area contributed by atoms with Crippen molar-refractivity contribution < 1.29 is 20.4 Å². The highest BCUT2D eigenvalue weighted by Gasteiger charge is 2.19. The summed E-state index contributed by atoms with van der Waals surface area (Å²) in [6.07, 6.45) is 2.74. The topological polar surface area (TPSA) is 80.9 Å². The van der Waals surface area contributed by atoms with Gasteiger partial charge < -0.3 is 20.4 Å². The van der Waals surface area contributed by atoms with E-state index >= 15 is 0 Å². The van der Waals surface area contributed by atoms with Gasteiger partial charge >= 0.3 is 0 Å². The van der Waals surface area contributed by atoms with Gasteiger partial charge in [0.1, 0.15) is 23.0 Å². The fourth-order valence-corrected chi connectivity index (χ4v) is 5.09. The predicted molar refractivity (Wildman–Crippen MR) is 149 cm³/mol. The molecule has 4 nitrogen and oxygen atoms in total. The zero-order chi connectivity index (χ0) is 26.7. The molecule has 0 saturated heterocycles. The molecule has 37 heavy (non-hydrogen) atoms. The molecule has 4 rings (SSSR count). The Bertz CT molecular complexity index is 1330. The molecule has 0 fully saturated rings. The van der Waals surface area contributed by atoms with E-state index < -0.39 is 0 Å². The van der Waals surface area contributed by atoms with E-state index in [0.717, 1.165) is 68.5 Å². The lowest BCUT2D eigenvalue weighted by Crippen LogP contribution is -2.02. The van der Waals surface area contributed by atoms with Gasteiger partial charge in [-0.1, -0.05) is 73.5 Å². The molecule has 4 heteroatoms. The van der Waals surface area contributed by atoms with Gasteiger partial charge in [-0.15, -0.1) is 0 Å². The van der Waals surface area contributed by atoms with Gasteiger partial charge in [0, 0.05) is 30.4 Å². The van der Waals surface area contributed by atoms with Gasteiger partial charge in [-0.3, -0.25) is 0 Å². The molecule has 0 spiro atoms. The Labute approximate surface area is 219 Å². The molecule has 0 saturated carbocycles. The number of aromatic hydroxyl groups is 4. The van der Waals surface area contributed by atoms with Crippen LogP contribution in [0, 0.1) is 13.8 Å². The Balaban J connectivity index is 1.72. The SMILES string of the molecule is CCc1ccc(Cc2ccc(CC)c(Cc3cc(C)ccc3O)c2O)c(O)c1Cc1cc(C)ccc1O. The minimum Gasteiger partial charge on any atom is -0.508 e. The van der Waals surface area contributed by atoms with Crippen LogP contribution >= 0.6 is 0 Å². The van der Waals surface area contributed by atoms with E-state index in [4.69, 9.17) is 0 Å². The number of phenolic OH excluding ortho intramolecular Hbond substituents is 4. The number of hydrogen-bond acceptors (Lipinski definition) is 4. The molecule has 0 aliphatic carbocycles. The molecule has 4 aromatic carbocycles. The molecule has 0 radical (unpaired) electrons. The third-order valence-corrected chi connectivity index (χ3v) is 7.27. The molecule has 0 heterocycles. The van der Waals surface area contributed by atoms with E-state index in [0.29, 0.717) is 19.3 Å². The van der Waals surface area contributed by atoms with E-state index in [1.165, 1.54) is 0 Å². The molecule has 0 bridgehead atoms. The van der Waals surface area contributed by atoms with Crippen molar-refractivity contribution in [2.45, 2.75) is 59.8 Å². The average Bonchev–Trinajstić information content (AvgIpc) is 2.88. The largest absolute Gasteiger partial charge is 0.508 e. The van der Waals surface area contributed by atoms with Crippen molar-refractivity contribution in [3.8, 4) is 23.0 Å². The van der Waals surface area contributed by atoms with Crippen molar-refractivity contribution >= 4 is 0 Å². The number of aryl methyl sites for hydroxylation is 4. The number of rotatable bonds is 8. The summed E-state index contributed by atoms with van der Waals surface area (Å²) < 4.78 is 0. The van der Waals surface area contributed by atoms with Gasteiger partial charge in [-0.05, 0) is 72.2 Å². The maximum atomic E-state index is 11.4. The van der Waals surface area contributed by atoms with Crippen LogP contribution in [0.15, 0.2) is 60.7 Å². The van der Waals surface area contributed by atoms with Crippen molar-refractivity contribution in [1.29, 1.82) is 0 Å². The molecular weight excluding hydrogens is 460 g/mol. The van der Waals surface area contributed by atoms with Gasteiger partial charge in [-0.2, -0.15) is 0 Å². The van der Waals surface area contributed by atoms with Crippen molar-refractivity contribution in [3.05, 3.63) is 116 Å². The molecule has 0 atom stereocenters. The van der Waals surface area contributed by atoms with E-state index in [9.17, 15) is 20.4 Å². The summed E-state index contributed by atoms with van der Waals surface area (Å²) in [6, 6.07) is 18.9. The fraction of sp³-hybridized carbons (Fsp3) is 0.273. The number of phenols is 4. The Morgan fingerprint density at radius 1 is 0.459 bits per heavy atom. The van der Waals surface area contributed by atoms with Gasteiger partial charge in [0.15, 0.2) is 0 Å². The van der Waals surface area contributed by atoms with Gasteiger partial charge in [0.25, 0.3) is 0 Å². The summed E-state index contributed by atoms with van der Waals surface area (Å²) in [7, 11) is 0. The maximum absolute atomic E-state index is 11.4. The molecule has 4 aromatic rings. The minimum atomic E-state index is 0.206. The Hall–Kier alpha value is -3.92. The van der Waals surface area contributed by atoms with Crippen molar-refractivity contribution in [2.24, 2.45) is 0 Å². The van der Waals surface area contributed by atoms with Crippen LogP contribution in [0.25, 0.3) is 0 Å². The standard InChI is InChI=1S/C33H36O4/c1-5-22-9-11-24(32(36)28(22)18-26-15-20(3)7-13-30(26)34)17-25-12-10-23(6-2)29(33(25)37)19-27-16-21(4)8-14-31(27)35/h7-16,34-37H,5-6,17-19H2,1-4H3. The highest BCUT2D eigenvalue weighted by molar-refractivity contribution is 5.55. The predicted octanol–water partition coefficient (Wildman–Crippen LogP) is 7.02. The zero-order valence-corrected chi connectivity index (χ0v) is 22.1. The van der Waals surface area contributed by atoms with Crippen LogP contribution in [-0.4, -0.2) is 20.4 Å². The van der Waals surface area contributed by atoms with E-state index in [2.05, 4.69) is 13.8 Å². The number of hydrogen-bond donors (Lipinski definition) is 4. The summed E-state index contributed by atoms with van der Waals surface area (Å²) in [5, 5.41) is 43.5. The quantitative estimate of drug-likeness (QED) is 0.211. The lowest BCUT2D eigenvalue weighted by molar-refractivity contribution is 0.453. The van der Waals surface area contributed by atoms with Crippen molar-refractivity contribution in [3.63, 3.8) is 0 Å². The normalized spacial score (nSPS) is 11.1. The van der Waals surface area contributed by atoms with Crippen LogP contribution in [0.5, 0.6) is 23.0 Å². The maximum Gasteiger partial charge on any atom is 0.122 e. The van der Waals surface area contributed by atoms with Crippen LogP contribution in [0.4, 0.5) is 0 Å². The molecule has 0 aliphatic heterocycles. The molecule has 0 amide bonds. The first-order valence-electron chi connectivity index (χ1n) is 12.9. The summed E-state index contributed by atoms with van der Waals surface area (Å²) in [6.45, 7) is 8.07. The van der Waals surface area contributed by atoms with Gasteiger partial charge in [0.2, 0.25) is 0 Å². The smallest absolute Gasteiger partial charge is 0.122 e. The van der Waals surface area contributed by atoms with E-state index in [1.54, 1.807) is 12.1 Å².